The Bertz CT molecular complexity index is 1140. The summed E-state index contributed by atoms with van der Waals surface area (Å²) in [5, 5.41) is 17.5. The fraction of sp³-hybridized carbons (Fsp3) is 0.560. The van der Waals surface area contributed by atoms with Gasteiger partial charge in [0.25, 0.3) is 0 Å². The molecule has 178 valence electrons. The van der Waals surface area contributed by atoms with E-state index < -0.39 is 0 Å². The van der Waals surface area contributed by atoms with E-state index in [1.54, 1.807) is 7.11 Å². The average Bonchev–Trinajstić information content (AvgIpc) is 3.38. The van der Waals surface area contributed by atoms with Crippen molar-refractivity contribution in [3.05, 3.63) is 23.5 Å². The van der Waals surface area contributed by atoms with Gasteiger partial charge < -0.3 is 24.9 Å². The Kier molecular flexibility index (Phi) is 6.47. The van der Waals surface area contributed by atoms with Crippen LogP contribution in [-0.2, 0) is 0 Å². The van der Waals surface area contributed by atoms with Crippen LogP contribution in [0.5, 0.6) is 5.88 Å². The lowest BCUT2D eigenvalue weighted by Gasteiger charge is -2.21. The highest BCUT2D eigenvalue weighted by Gasteiger charge is 2.27. The molecule has 1 fully saturated rings. The highest BCUT2D eigenvalue weighted by Crippen LogP contribution is 2.38. The third kappa shape index (κ3) is 5.21. The van der Waals surface area contributed by atoms with Crippen molar-refractivity contribution in [3.63, 3.8) is 0 Å². The molecule has 3 aromatic heterocycles. The van der Waals surface area contributed by atoms with Gasteiger partial charge in [-0.3, -0.25) is 0 Å². The van der Waals surface area contributed by atoms with Crippen LogP contribution in [0, 0.1) is 25.2 Å². The minimum atomic E-state index is 0.103. The molecule has 1 unspecified atom stereocenters. The van der Waals surface area contributed by atoms with Gasteiger partial charge in [0.2, 0.25) is 11.8 Å². The number of nitrogens with zero attached hydrogens (tertiary/aromatic N) is 3. The van der Waals surface area contributed by atoms with Crippen LogP contribution in [0.15, 0.2) is 16.5 Å². The van der Waals surface area contributed by atoms with Crippen molar-refractivity contribution in [1.29, 1.82) is 0 Å². The number of ether oxygens (including phenoxy) is 1. The minimum Gasteiger partial charge on any atom is -0.481 e. The normalized spacial score (nSPS) is 18.6. The van der Waals surface area contributed by atoms with Crippen molar-refractivity contribution >= 4 is 22.7 Å². The van der Waals surface area contributed by atoms with E-state index >= 15 is 0 Å². The first kappa shape index (κ1) is 23.3. The monoisotopic (exact) mass is 453 g/mol. The van der Waals surface area contributed by atoms with E-state index in [0.29, 0.717) is 23.5 Å². The fourth-order valence-electron chi connectivity index (χ4n) is 4.37. The smallest absolute Gasteiger partial charge is 0.224 e. The molecule has 0 amide bonds. The highest BCUT2D eigenvalue weighted by molar-refractivity contribution is 5.88. The molecular formula is C25H35N5O3. The number of aromatic nitrogens is 3. The van der Waals surface area contributed by atoms with Crippen LogP contribution >= 0.6 is 0 Å². The van der Waals surface area contributed by atoms with E-state index in [0.717, 1.165) is 59.5 Å². The number of aliphatic hydroxyl groups excluding tert-OH is 1. The Morgan fingerprint density at radius 1 is 1.12 bits per heavy atom. The average molecular weight is 454 g/mol. The second-order valence-corrected chi connectivity index (χ2v) is 10.3. The Morgan fingerprint density at radius 2 is 1.91 bits per heavy atom. The molecule has 0 aliphatic heterocycles. The highest BCUT2D eigenvalue weighted by atomic mass is 16.5. The molecule has 0 radical (unpaired) electrons. The third-order valence-corrected chi connectivity index (χ3v) is 6.11. The number of aryl methyl sites for hydroxylation is 2. The van der Waals surface area contributed by atoms with Crippen molar-refractivity contribution in [2.45, 2.75) is 59.9 Å². The molecule has 0 aromatic carbocycles. The van der Waals surface area contributed by atoms with Crippen molar-refractivity contribution < 1.29 is 14.3 Å². The number of hydrogen-bond acceptors (Lipinski definition) is 8. The van der Waals surface area contributed by atoms with Crippen LogP contribution in [-0.4, -0.2) is 46.4 Å². The van der Waals surface area contributed by atoms with Crippen LogP contribution < -0.4 is 15.4 Å². The molecule has 0 saturated heterocycles. The summed E-state index contributed by atoms with van der Waals surface area (Å²) < 4.78 is 11.6. The summed E-state index contributed by atoms with van der Waals surface area (Å²) in [6, 6.07) is 4.12. The maximum Gasteiger partial charge on any atom is 0.224 e. The number of furan rings is 1. The van der Waals surface area contributed by atoms with Crippen LogP contribution in [0.4, 0.5) is 11.8 Å². The first-order valence-electron chi connectivity index (χ1n) is 11.6. The summed E-state index contributed by atoms with van der Waals surface area (Å²) in [7, 11) is 1.61. The second kappa shape index (κ2) is 9.17. The van der Waals surface area contributed by atoms with E-state index in [1.807, 2.05) is 26.0 Å². The number of rotatable bonds is 7. The number of fused-ring (bicyclic) bond motifs is 1. The number of anilines is 2. The molecule has 33 heavy (non-hydrogen) atoms. The summed E-state index contributed by atoms with van der Waals surface area (Å²) in [6.07, 6.45) is 2.93. The van der Waals surface area contributed by atoms with Gasteiger partial charge in [0.15, 0.2) is 5.58 Å². The molecule has 2 atom stereocenters. The molecule has 1 aliphatic rings. The molecule has 8 heteroatoms. The molecule has 3 aromatic rings. The molecule has 3 heterocycles. The fourth-order valence-corrected chi connectivity index (χ4v) is 4.37. The van der Waals surface area contributed by atoms with Crippen molar-refractivity contribution in [1.82, 2.24) is 15.0 Å². The van der Waals surface area contributed by atoms with Gasteiger partial charge in [-0.15, -0.1) is 0 Å². The van der Waals surface area contributed by atoms with Crippen molar-refractivity contribution in [3.8, 4) is 17.2 Å². The zero-order valence-corrected chi connectivity index (χ0v) is 20.5. The van der Waals surface area contributed by atoms with Crippen molar-refractivity contribution in [2.24, 2.45) is 11.3 Å². The second-order valence-electron chi connectivity index (χ2n) is 10.3. The summed E-state index contributed by atoms with van der Waals surface area (Å²) >= 11 is 0. The summed E-state index contributed by atoms with van der Waals surface area (Å²) in [5.74, 6) is 2.93. The Hall–Kier alpha value is -2.87. The van der Waals surface area contributed by atoms with Gasteiger partial charge in [-0.25, -0.2) is 9.97 Å². The predicted octanol–water partition coefficient (Wildman–Crippen LogP) is 4.94. The molecule has 1 saturated carbocycles. The third-order valence-electron chi connectivity index (χ3n) is 6.11. The summed E-state index contributed by atoms with van der Waals surface area (Å²) in [5.41, 5.74) is 3.28. The molecular weight excluding hydrogens is 418 g/mol. The molecule has 3 N–H and O–H groups in total. The zero-order valence-electron chi connectivity index (χ0n) is 20.5. The van der Waals surface area contributed by atoms with E-state index in [2.05, 4.69) is 36.4 Å². The van der Waals surface area contributed by atoms with Gasteiger partial charge in [0, 0.05) is 30.6 Å². The van der Waals surface area contributed by atoms with Crippen molar-refractivity contribution in [2.75, 3.05) is 30.9 Å². The largest absolute Gasteiger partial charge is 0.481 e. The van der Waals surface area contributed by atoms with Gasteiger partial charge in [-0.2, -0.15) is 4.98 Å². The van der Waals surface area contributed by atoms with Gasteiger partial charge in [-0.05, 0) is 50.5 Å². The van der Waals surface area contributed by atoms with E-state index in [1.165, 1.54) is 0 Å². The van der Waals surface area contributed by atoms with Crippen LogP contribution in [0.3, 0.4) is 0 Å². The molecule has 1 aliphatic carbocycles. The number of nitrogens with one attached hydrogen (secondary N) is 2. The molecule has 0 spiro atoms. The van der Waals surface area contributed by atoms with E-state index in [-0.39, 0.29) is 18.1 Å². The Labute approximate surface area is 195 Å². The first-order valence-corrected chi connectivity index (χ1v) is 11.6. The Morgan fingerprint density at radius 3 is 2.58 bits per heavy atom. The maximum absolute atomic E-state index is 9.57. The van der Waals surface area contributed by atoms with Gasteiger partial charge in [-0.1, -0.05) is 20.8 Å². The summed E-state index contributed by atoms with van der Waals surface area (Å²) in [4.78, 5) is 14.0. The lowest BCUT2D eigenvalue weighted by atomic mass is 9.97. The zero-order chi connectivity index (χ0) is 23.8. The van der Waals surface area contributed by atoms with Crippen LogP contribution in [0.1, 0.15) is 51.4 Å². The number of methoxy groups -OCH3 is 1. The van der Waals surface area contributed by atoms with Gasteiger partial charge >= 0.3 is 0 Å². The number of pyridine rings is 1. The summed E-state index contributed by atoms with van der Waals surface area (Å²) in [6.45, 7) is 11.4. The number of aliphatic hydroxyl groups is 1. The maximum atomic E-state index is 9.57. The molecule has 8 nitrogen and oxygen atoms in total. The van der Waals surface area contributed by atoms with E-state index in [4.69, 9.17) is 19.1 Å². The van der Waals surface area contributed by atoms with Gasteiger partial charge in [0.1, 0.15) is 11.6 Å². The minimum absolute atomic E-state index is 0.103. The standard InChI is InChI=1S/C25H35N5O3/c1-14-21(19-10-17-11-20(32-6)27-15(2)22(17)33-19)23(29-18-8-7-16(9-18)12-31)30-24(28-14)26-13-25(3,4)5/h10-11,16,18,31H,7-9,12-13H2,1-6H3,(H2,26,28,29,30)/t16?,18-/m0/s1. The SMILES string of the molecule is COc1cc2cc(-c3c(C)nc(NCC(C)(C)C)nc3N[C@H]3CCC(CO)C3)oc2c(C)n1. The van der Waals surface area contributed by atoms with Gasteiger partial charge in [0.05, 0.1) is 24.1 Å². The number of hydrogen-bond donors (Lipinski definition) is 3. The quantitative estimate of drug-likeness (QED) is 0.462. The van der Waals surface area contributed by atoms with Crippen LogP contribution in [0.25, 0.3) is 22.3 Å². The molecule has 4 rings (SSSR count). The van der Waals surface area contributed by atoms with E-state index in [9.17, 15) is 5.11 Å². The topological polar surface area (TPSA) is 105 Å². The molecule has 0 bridgehead atoms. The van der Waals surface area contributed by atoms with Crippen LogP contribution in [0.2, 0.25) is 0 Å². The lowest BCUT2D eigenvalue weighted by Crippen LogP contribution is -2.22. The first-order chi connectivity index (χ1) is 15.7. The predicted molar refractivity (Wildman–Crippen MR) is 131 cm³/mol. The Balaban J connectivity index is 1.75. The lowest BCUT2D eigenvalue weighted by molar-refractivity contribution is 0.229.